The average Bonchev–Trinajstić information content (AvgIpc) is 2.36. The van der Waals surface area contributed by atoms with Gasteiger partial charge in [-0.3, -0.25) is 0 Å². The van der Waals surface area contributed by atoms with Gasteiger partial charge in [-0.2, -0.15) is 0 Å². The van der Waals surface area contributed by atoms with E-state index in [0.29, 0.717) is 12.2 Å². The van der Waals surface area contributed by atoms with Crippen LogP contribution in [0.5, 0.6) is 0 Å². The lowest BCUT2D eigenvalue weighted by atomic mass is 10.1. The van der Waals surface area contributed by atoms with Gasteiger partial charge >= 0.3 is 0 Å². The Morgan fingerprint density at radius 2 is 1.72 bits per heavy atom. The lowest BCUT2D eigenvalue weighted by Crippen LogP contribution is -2.05. The molecule has 4 heteroatoms. The maximum atomic E-state index is 13.2. The Balaban J connectivity index is 1.88. The van der Waals surface area contributed by atoms with Gasteiger partial charge in [0.1, 0.15) is 11.6 Å². The molecule has 0 bridgehead atoms. The van der Waals surface area contributed by atoms with Gasteiger partial charge in [-0.05, 0) is 42.3 Å². The molecule has 0 aromatic heterocycles. The van der Waals surface area contributed by atoms with Gasteiger partial charge in [0.15, 0.2) is 0 Å². The number of nitrogens with two attached hydrogens (primary N) is 1. The van der Waals surface area contributed by atoms with Crippen LogP contribution < -0.4 is 11.1 Å². The Morgan fingerprint density at radius 1 is 1.00 bits per heavy atom. The fraction of sp³-hybridized carbons (Fsp3) is 0.143. The maximum absolute atomic E-state index is 13.2. The molecule has 0 saturated carbocycles. The Labute approximate surface area is 104 Å². The molecule has 2 nitrogen and oxygen atoms in total. The zero-order valence-electron chi connectivity index (χ0n) is 9.79. The number of nitrogens with one attached hydrogen (secondary N) is 1. The normalized spacial score (nSPS) is 10.3. The van der Waals surface area contributed by atoms with E-state index >= 15 is 0 Å². The molecule has 0 fully saturated rings. The molecule has 0 atom stereocenters. The van der Waals surface area contributed by atoms with Crippen molar-refractivity contribution in [3.63, 3.8) is 0 Å². The molecule has 0 amide bonds. The zero-order chi connectivity index (χ0) is 13.0. The van der Waals surface area contributed by atoms with E-state index in [9.17, 15) is 8.78 Å². The van der Waals surface area contributed by atoms with E-state index in [1.165, 1.54) is 24.3 Å². The van der Waals surface area contributed by atoms with E-state index in [0.717, 1.165) is 12.0 Å². The van der Waals surface area contributed by atoms with Gasteiger partial charge in [-0.25, -0.2) is 8.78 Å². The van der Waals surface area contributed by atoms with E-state index in [1.54, 1.807) is 18.2 Å². The van der Waals surface area contributed by atoms with Crippen LogP contribution in [0.2, 0.25) is 0 Å². The predicted octanol–water partition coefficient (Wildman–Crippen LogP) is 3.20. The second kappa shape index (κ2) is 5.49. The van der Waals surface area contributed by atoms with Crippen LogP contribution in [0.15, 0.2) is 42.5 Å². The van der Waals surface area contributed by atoms with Crippen LogP contribution in [-0.2, 0) is 6.42 Å². The summed E-state index contributed by atoms with van der Waals surface area (Å²) in [5.41, 5.74) is 7.23. The molecule has 0 saturated heterocycles. The highest BCUT2D eigenvalue weighted by Crippen LogP contribution is 2.15. The molecule has 0 aliphatic rings. The zero-order valence-corrected chi connectivity index (χ0v) is 9.79. The van der Waals surface area contributed by atoms with Crippen molar-refractivity contribution in [1.29, 1.82) is 0 Å². The van der Waals surface area contributed by atoms with Crippen LogP contribution in [0.3, 0.4) is 0 Å². The van der Waals surface area contributed by atoms with Gasteiger partial charge in [-0.1, -0.05) is 12.1 Å². The van der Waals surface area contributed by atoms with E-state index < -0.39 is 5.82 Å². The van der Waals surface area contributed by atoms with Gasteiger partial charge in [0.05, 0.1) is 5.69 Å². The van der Waals surface area contributed by atoms with Crippen molar-refractivity contribution in [3.05, 3.63) is 59.7 Å². The van der Waals surface area contributed by atoms with E-state index in [1.807, 2.05) is 0 Å². The van der Waals surface area contributed by atoms with Crippen LogP contribution >= 0.6 is 0 Å². The topological polar surface area (TPSA) is 38.0 Å². The first-order chi connectivity index (χ1) is 8.65. The fourth-order valence-corrected chi connectivity index (χ4v) is 1.64. The lowest BCUT2D eigenvalue weighted by molar-refractivity contribution is 0.627. The van der Waals surface area contributed by atoms with Crippen molar-refractivity contribution in [3.8, 4) is 0 Å². The monoisotopic (exact) mass is 248 g/mol. The van der Waals surface area contributed by atoms with Gasteiger partial charge in [0, 0.05) is 12.2 Å². The molecule has 2 rings (SSSR count). The Morgan fingerprint density at radius 3 is 2.39 bits per heavy atom. The van der Waals surface area contributed by atoms with Crippen LogP contribution in [0, 0.1) is 11.6 Å². The summed E-state index contributed by atoms with van der Waals surface area (Å²) in [7, 11) is 0. The minimum atomic E-state index is -0.429. The van der Waals surface area contributed by atoms with Crippen LogP contribution in [-0.4, -0.2) is 6.54 Å². The minimum Gasteiger partial charge on any atom is -0.396 e. The van der Waals surface area contributed by atoms with Gasteiger partial charge < -0.3 is 11.1 Å². The van der Waals surface area contributed by atoms with Crippen LogP contribution in [0.1, 0.15) is 5.56 Å². The van der Waals surface area contributed by atoms with Crippen molar-refractivity contribution in [2.45, 2.75) is 6.42 Å². The third-order valence-electron chi connectivity index (χ3n) is 2.66. The first-order valence-corrected chi connectivity index (χ1v) is 5.68. The second-order valence-corrected chi connectivity index (χ2v) is 4.04. The summed E-state index contributed by atoms with van der Waals surface area (Å²) in [6.45, 7) is 0.648. The predicted molar refractivity (Wildman–Crippen MR) is 69.4 cm³/mol. The van der Waals surface area contributed by atoms with E-state index in [-0.39, 0.29) is 11.5 Å². The summed E-state index contributed by atoms with van der Waals surface area (Å²) in [6, 6.07) is 10.9. The Bertz CT molecular complexity index is 524. The lowest BCUT2D eigenvalue weighted by Gasteiger charge is -2.07. The number of hydrogen-bond donors (Lipinski definition) is 2. The number of anilines is 2. The third-order valence-corrected chi connectivity index (χ3v) is 2.66. The molecular weight excluding hydrogens is 234 g/mol. The number of hydrogen-bond acceptors (Lipinski definition) is 2. The molecule has 0 radical (unpaired) electrons. The summed E-state index contributed by atoms with van der Waals surface area (Å²) >= 11 is 0. The van der Waals surface area contributed by atoms with E-state index in [2.05, 4.69) is 5.32 Å². The molecule has 3 N–H and O–H groups in total. The van der Waals surface area contributed by atoms with Gasteiger partial charge in [-0.15, -0.1) is 0 Å². The number of nitrogen functional groups attached to an aromatic ring is 1. The Hall–Kier alpha value is -2.10. The van der Waals surface area contributed by atoms with Crippen molar-refractivity contribution < 1.29 is 8.78 Å². The number of rotatable bonds is 4. The molecule has 0 heterocycles. The molecule has 94 valence electrons. The Kier molecular flexibility index (Phi) is 3.77. The number of halogens is 2. The average molecular weight is 248 g/mol. The molecule has 0 aliphatic carbocycles. The summed E-state index contributed by atoms with van der Waals surface area (Å²) in [4.78, 5) is 0. The van der Waals surface area contributed by atoms with E-state index in [4.69, 9.17) is 5.73 Å². The van der Waals surface area contributed by atoms with Crippen molar-refractivity contribution in [1.82, 2.24) is 0 Å². The van der Waals surface area contributed by atoms with Crippen molar-refractivity contribution in [2.24, 2.45) is 0 Å². The quantitative estimate of drug-likeness (QED) is 0.815. The van der Waals surface area contributed by atoms with Gasteiger partial charge in [0.25, 0.3) is 0 Å². The molecule has 2 aromatic rings. The fourth-order valence-electron chi connectivity index (χ4n) is 1.64. The minimum absolute atomic E-state index is 0.138. The van der Waals surface area contributed by atoms with Crippen molar-refractivity contribution in [2.75, 3.05) is 17.6 Å². The molecule has 18 heavy (non-hydrogen) atoms. The highest BCUT2D eigenvalue weighted by molar-refractivity contribution is 5.52. The summed E-state index contributed by atoms with van der Waals surface area (Å²) < 4.78 is 25.9. The van der Waals surface area contributed by atoms with Gasteiger partial charge in [0.2, 0.25) is 0 Å². The molecular formula is C14H14F2N2. The highest BCUT2D eigenvalue weighted by Gasteiger charge is 1.99. The SMILES string of the molecule is Nc1ccc(NCCc2ccc(F)cc2)cc1F. The third kappa shape index (κ3) is 3.20. The molecule has 0 unspecified atom stereocenters. The van der Waals surface area contributed by atoms with Crippen LogP contribution in [0.4, 0.5) is 20.2 Å². The largest absolute Gasteiger partial charge is 0.396 e. The van der Waals surface area contributed by atoms with Crippen molar-refractivity contribution >= 4 is 11.4 Å². The maximum Gasteiger partial charge on any atom is 0.148 e. The molecule has 2 aromatic carbocycles. The summed E-state index contributed by atoms with van der Waals surface area (Å²) in [5.74, 6) is -0.672. The molecule has 0 aliphatic heterocycles. The first kappa shape index (κ1) is 12.4. The first-order valence-electron chi connectivity index (χ1n) is 5.68. The molecule has 0 spiro atoms. The van der Waals surface area contributed by atoms with Crippen LogP contribution in [0.25, 0.3) is 0 Å². The smallest absolute Gasteiger partial charge is 0.148 e. The number of benzene rings is 2. The standard InChI is InChI=1S/C14H14F2N2/c15-11-3-1-10(2-4-11)7-8-18-12-5-6-14(17)13(16)9-12/h1-6,9,18H,7-8,17H2. The summed E-state index contributed by atoms with van der Waals surface area (Å²) in [6.07, 6.45) is 0.742. The summed E-state index contributed by atoms with van der Waals surface area (Å²) in [5, 5.41) is 3.09. The second-order valence-electron chi connectivity index (χ2n) is 4.04. The highest BCUT2D eigenvalue weighted by atomic mass is 19.1.